The van der Waals surface area contributed by atoms with Crippen LogP contribution in [0.15, 0.2) is 102 Å². The molecular formula is C35H36N2O6S. The van der Waals surface area contributed by atoms with E-state index in [0.717, 1.165) is 33.4 Å². The molecule has 3 atom stereocenters. The smallest absolute Gasteiger partial charge is 0.336 e. The topological polar surface area (TPSA) is 117 Å². The van der Waals surface area contributed by atoms with Crippen molar-refractivity contribution in [3.63, 3.8) is 0 Å². The number of carboxylic acid groups (broad SMARTS) is 1. The summed E-state index contributed by atoms with van der Waals surface area (Å²) < 4.78 is 13.0. The molecule has 1 fully saturated rings. The highest BCUT2D eigenvalue weighted by atomic mass is 32.2. The first-order valence-corrected chi connectivity index (χ1v) is 15.6. The minimum Gasteiger partial charge on any atom is -0.478 e. The first kappa shape index (κ1) is 31.3. The third-order valence-electron chi connectivity index (χ3n) is 7.37. The lowest BCUT2D eigenvalue weighted by atomic mass is 9.99. The number of hydrogen-bond donors (Lipinski definition) is 4. The van der Waals surface area contributed by atoms with Gasteiger partial charge in [0.05, 0.1) is 24.4 Å². The van der Waals surface area contributed by atoms with Crippen LogP contribution in [0.1, 0.15) is 58.4 Å². The van der Waals surface area contributed by atoms with Crippen LogP contribution >= 0.6 is 11.8 Å². The van der Waals surface area contributed by atoms with Gasteiger partial charge in [0.15, 0.2) is 6.29 Å². The molecule has 0 aromatic heterocycles. The van der Waals surface area contributed by atoms with E-state index in [9.17, 15) is 19.8 Å². The molecule has 1 aliphatic rings. The summed E-state index contributed by atoms with van der Waals surface area (Å²) in [6.07, 6.45) is -0.518. The molecule has 1 aliphatic heterocycles. The molecular weight excluding hydrogens is 576 g/mol. The Morgan fingerprint density at radius 2 is 1.59 bits per heavy atom. The van der Waals surface area contributed by atoms with Crippen molar-refractivity contribution >= 4 is 23.8 Å². The van der Waals surface area contributed by atoms with Gasteiger partial charge in [-0.25, -0.2) is 9.59 Å². The highest BCUT2D eigenvalue weighted by Crippen LogP contribution is 2.40. The first-order valence-electron chi connectivity index (χ1n) is 14.6. The van der Waals surface area contributed by atoms with Crippen LogP contribution < -0.4 is 10.6 Å². The molecule has 4 aromatic carbocycles. The molecule has 4 aromatic rings. The fourth-order valence-electron chi connectivity index (χ4n) is 5.11. The number of carbonyl (C=O) groups excluding carboxylic acids is 1. The summed E-state index contributed by atoms with van der Waals surface area (Å²) >= 11 is 1.46. The maximum Gasteiger partial charge on any atom is 0.336 e. The molecule has 2 amide bonds. The van der Waals surface area contributed by atoms with E-state index in [1.54, 1.807) is 12.1 Å². The van der Waals surface area contributed by atoms with E-state index in [1.807, 2.05) is 79.7 Å². The fraction of sp³-hybridized carbons (Fsp3) is 0.257. The largest absolute Gasteiger partial charge is 0.478 e. The number of amides is 2. The van der Waals surface area contributed by atoms with Crippen molar-refractivity contribution in [2.24, 2.45) is 0 Å². The average molecular weight is 613 g/mol. The van der Waals surface area contributed by atoms with Crippen molar-refractivity contribution < 1.29 is 29.3 Å². The van der Waals surface area contributed by atoms with Crippen LogP contribution in [0.2, 0.25) is 0 Å². The van der Waals surface area contributed by atoms with Crippen LogP contribution in [0.4, 0.5) is 4.79 Å². The minimum absolute atomic E-state index is 0.0320. The zero-order valence-corrected chi connectivity index (χ0v) is 25.3. The number of urea groups is 1. The number of benzene rings is 4. The Morgan fingerprint density at radius 3 is 2.34 bits per heavy atom. The van der Waals surface area contributed by atoms with E-state index in [-0.39, 0.29) is 30.4 Å². The number of thioether (sulfide) groups is 1. The lowest BCUT2D eigenvalue weighted by molar-refractivity contribution is -0.245. The van der Waals surface area contributed by atoms with Gasteiger partial charge >= 0.3 is 12.0 Å². The molecule has 0 aliphatic carbocycles. The van der Waals surface area contributed by atoms with Gasteiger partial charge in [-0.2, -0.15) is 0 Å². The van der Waals surface area contributed by atoms with E-state index >= 15 is 0 Å². The monoisotopic (exact) mass is 612 g/mol. The molecule has 0 spiro atoms. The summed E-state index contributed by atoms with van der Waals surface area (Å²) in [6, 6.07) is 30.6. The summed E-state index contributed by atoms with van der Waals surface area (Å²) in [7, 11) is 0. The van der Waals surface area contributed by atoms with Gasteiger partial charge in [0, 0.05) is 35.7 Å². The van der Waals surface area contributed by atoms with Crippen molar-refractivity contribution in [2.45, 2.75) is 49.9 Å². The van der Waals surface area contributed by atoms with Gasteiger partial charge < -0.3 is 30.3 Å². The van der Waals surface area contributed by atoms with E-state index < -0.39 is 12.3 Å². The predicted molar refractivity (Wildman–Crippen MR) is 170 cm³/mol. The molecule has 5 rings (SSSR count). The Kier molecular flexibility index (Phi) is 10.7. The standard InChI is InChI=1S/C35H36N2O6S/c1-2-36-35(41)37-20-24-7-5-8-26(17-24)27-9-6-10-28(18-27)34-42-29(22-44-32-12-4-3-11-30(32)33(39)40)19-31(43-34)25-15-13-23(21-38)14-16-25/h3-18,29,31,34,38H,2,19-22H2,1H3,(H,39,40)(H2,36,37,41)/t29-,31+,34+/m1/s1. The van der Waals surface area contributed by atoms with Crippen LogP contribution in [0.25, 0.3) is 11.1 Å². The molecule has 0 saturated carbocycles. The highest BCUT2D eigenvalue weighted by molar-refractivity contribution is 7.99. The van der Waals surface area contributed by atoms with E-state index in [1.165, 1.54) is 11.8 Å². The number of aliphatic hydroxyl groups is 1. The summed E-state index contributed by atoms with van der Waals surface area (Å²) in [6.45, 7) is 2.82. The van der Waals surface area contributed by atoms with Crippen LogP contribution in [0, 0.1) is 0 Å². The Bertz CT molecular complexity index is 1580. The Morgan fingerprint density at radius 1 is 0.841 bits per heavy atom. The molecule has 8 nitrogen and oxygen atoms in total. The van der Waals surface area contributed by atoms with E-state index in [4.69, 9.17) is 9.47 Å². The van der Waals surface area contributed by atoms with Crippen LogP contribution in [0.5, 0.6) is 0 Å². The Labute approximate surface area is 261 Å². The normalized spacial score (nSPS) is 18.0. The number of carboxylic acids is 1. The second-order valence-corrected chi connectivity index (χ2v) is 11.6. The quantitative estimate of drug-likeness (QED) is 0.139. The summed E-state index contributed by atoms with van der Waals surface area (Å²) in [5.74, 6) is -0.406. The molecule has 4 N–H and O–H groups in total. The average Bonchev–Trinajstić information content (AvgIpc) is 3.06. The molecule has 1 heterocycles. The maximum atomic E-state index is 11.9. The first-order chi connectivity index (χ1) is 21.4. The van der Waals surface area contributed by atoms with Gasteiger partial charge in [-0.1, -0.05) is 72.8 Å². The second-order valence-electron chi connectivity index (χ2n) is 10.5. The van der Waals surface area contributed by atoms with Crippen LogP contribution in [-0.2, 0) is 22.6 Å². The summed E-state index contributed by atoms with van der Waals surface area (Å²) in [4.78, 5) is 24.3. The van der Waals surface area contributed by atoms with Crippen molar-refractivity contribution in [3.05, 3.63) is 125 Å². The lowest BCUT2D eigenvalue weighted by Gasteiger charge is -2.36. The second kappa shape index (κ2) is 15.0. The number of ether oxygens (including phenoxy) is 2. The van der Waals surface area contributed by atoms with Gasteiger partial charge in [0.2, 0.25) is 0 Å². The maximum absolute atomic E-state index is 11.9. The number of aliphatic hydroxyl groups excluding tert-OH is 1. The number of nitrogens with one attached hydrogen (secondary N) is 2. The van der Waals surface area contributed by atoms with Crippen molar-refractivity contribution in [1.82, 2.24) is 10.6 Å². The summed E-state index contributed by atoms with van der Waals surface area (Å²) in [5.41, 5.74) is 5.93. The van der Waals surface area contributed by atoms with E-state index in [2.05, 4.69) is 22.8 Å². The number of hydrogen-bond acceptors (Lipinski definition) is 6. The Hall–Kier alpha value is -4.15. The molecule has 228 valence electrons. The van der Waals surface area contributed by atoms with Gasteiger partial charge in [0.25, 0.3) is 0 Å². The molecule has 9 heteroatoms. The molecule has 0 radical (unpaired) electrons. The zero-order valence-electron chi connectivity index (χ0n) is 24.4. The van der Waals surface area contributed by atoms with Crippen molar-refractivity contribution in [2.75, 3.05) is 12.3 Å². The summed E-state index contributed by atoms with van der Waals surface area (Å²) in [5, 5.41) is 24.8. The number of rotatable bonds is 11. The third kappa shape index (κ3) is 8.06. The minimum atomic E-state index is -0.957. The van der Waals surface area contributed by atoms with Gasteiger partial charge in [0.1, 0.15) is 0 Å². The fourth-order valence-corrected chi connectivity index (χ4v) is 6.17. The predicted octanol–water partition coefficient (Wildman–Crippen LogP) is 6.70. The molecule has 0 unspecified atom stereocenters. The van der Waals surface area contributed by atoms with E-state index in [0.29, 0.717) is 30.2 Å². The van der Waals surface area contributed by atoms with Crippen molar-refractivity contribution in [3.8, 4) is 11.1 Å². The molecule has 44 heavy (non-hydrogen) atoms. The van der Waals surface area contributed by atoms with Gasteiger partial charge in [-0.05, 0) is 59.0 Å². The van der Waals surface area contributed by atoms with Gasteiger partial charge in [-0.15, -0.1) is 11.8 Å². The number of carbonyl (C=O) groups is 2. The lowest BCUT2D eigenvalue weighted by Crippen LogP contribution is -2.34. The number of aromatic carboxylic acids is 1. The molecule has 0 bridgehead atoms. The van der Waals surface area contributed by atoms with Gasteiger partial charge in [-0.3, -0.25) is 0 Å². The van der Waals surface area contributed by atoms with Crippen LogP contribution in [0.3, 0.4) is 0 Å². The van der Waals surface area contributed by atoms with Crippen LogP contribution in [-0.4, -0.2) is 40.6 Å². The highest BCUT2D eigenvalue weighted by Gasteiger charge is 2.32. The Balaban J connectivity index is 1.37. The SMILES string of the molecule is CCNC(=O)NCc1cccc(-c2cccc([C@H]3O[C@@H](CSc4ccccc4C(=O)O)C[C@@H](c4ccc(CO)cc4)O3)c2)c1. The molecule has 1 saturated heterocycles. The zero-order chi connectivity index (χ0) is 30.9. The third-order valence-corrected chi connectivity index (χ3v) is 8.57. The van der Waals surface area contributed by atoms with Crippen molar-refractivity contribution in [1.29, 1.82) is 0 Å².